The van der Waals surface area contributed by atoms with E-state index in [0.717, 1.165) is 18.4 Å². The number of amides is 1. The summed E-state index contributed by atoms with van der Waals surface area (Å²) in [4.78, 5) is 24.0. The molecule has 1 fully saturated rings. The lowest BCUT2D eigenvalue weighted by Crippen LogP contribution is -2.28. The number of rotatable bonds is 6. The Hall–Kier alpha value is -2.82. The van der Waals surface area contributed by atoms with Crippen LogP contribution in [0.4, 0.5) is 5.69 Å². The molecule has 5 nitrogen and oxygen atoms in total. The second-order valence-corrected chi connectivity index (χ2v) is 8.25. The summed E-state index contributed by atoms with van der Waals surface area (Å²) in [6, 6.07) is 15.4. The Morgan fingerprint density at radius 2 is 1.61 bits per heavy atom. The SMILES string of the molecule is COC(=O)COc1ccc(NC(=O)C2(c3ccc(C(C)(C)C)cc3)CC2)cc1. The van der Waals surface area contributed by atoms with Gasteiger partial charge in [0.25, 0.3) is 0 Å². The third kappa shape index (κ3) is 4.35. The molecule has 0 saturated heterocycles. The van der Waals surface area contributed by atoms with Crippen molar-refractivity contribution in [3.8, 4) is 5.75 Å². The van der Waals surface area contributed by atoms with Crippen molar-refractivity contribution in [2.45, 2.75) is 44.4 Å². The number of anilines is 1. The fraction of sp³-hybridized carbons (Fsp3) is 0.391. The highest BCUT2D eigenvalue weighted by molar-refractivity contribution is 6.01. The molecule has 28 heavy (non-hydrogen) atoms. The molecule has 1 aliphatic carbocycles. The zero-order chi connectivity index (χ0) is 20.4. The first-order valence-electron chi connectivity index (χ1n) is 9.47. The average molecular weight is 381 g/mol. The van der Waals surface area contributed by atoms with Crippen molar-refractivity contribution in [1.82, 2.24) is 0 Å². The molecule has 5 heteroatoms. The van der Waals surface area contributed by atoms with E-state index < -0.39 is 11.4 Å². The van der Waals surface area contributed by atoms with Crippen molar-refractivity contribution in [2.75, 3.05) is 19.0 Å². The third-order valence-electron chi connectivity index (χ3n) is 5.18. The van der Waals surface area contributed by atoms with Crippen LogP contribution in [0.3, 0.4) is 0 Å². The van der Waals surface area contributed by atoms with Crippen molar-refractivity contribution in [3.63, 3.8) is 0 Å². The van der Waals surface area contributed by atoms with Gasteiger partial charge in [0.2, 0.25) is 5.91 Å². The van der Waals surface area contributed by atoms with Crippen LogP contribution < -0.4 is 10.1 Å². The van der Waals surface area contributed by atoms with Gasteiger partial charge in [0.1, 0.15) is 5.75 Å². The highest BCUT2D eigenvalue weighted by atomic mass is 16.6. The zero-order valence-electron chi connectivity index (χ0n) is 16.9. The van der Waals surface area contributed by atoms with Gasteiger partial charge in [-0.2, -0.15) is 0 Å². The minimum absolute atomic E-state index is 0.0132. The number of hydrogen-bond donors (Lipinski definition) is 1. The highest BCUT2D eigenvalue weighted by Crippen LogP contribution is 2.49. The molecule has 1 N–H and O–H groups in total. The van der Waals surface area contributed by atoms with E-state index >= 15 is 0 Å². The van der Waals surface area contributed by atoms with Gasteiger partial charge < -0.3 is 14.8 Å². The third-order valence-corrected chi connectivity index (χ3v) is 5.18. The van der Waals surface area contributed by atoms with Crippen molar-refractivity contribution in [3.05, 3.63) is 59.7 Å². The van der Waals surface area contributed by atoms with Gasteiger partial charge in [-0.05, 0) is 53.6 Å². The largest absolute Gasteiger partial charge is 0.482 e. The summed E-state index contributed by atoms with van der Waals surface area (Å²) in [6.45, 7) is 6.40. The fourth-order valence-electron chi connectivity index (χ4n) is 3.15. The van der Waals surface area contributed by atoms with E-state index in [0.29, 0.717) is 11.4 Å². The lowest BCUT2D eigenvalue weighted by molar-refractivity contribution is -0.142. The molecule has 1 saturated carbocycles. The summed E-state index contributed by atoms with van der Waals surface area (Å²) in [6.07, 6.45) is 1.71. The van der Waals surface area contributed by atoms with Crippen LogP contribution in [0.5, 0.6) is 5.75 Å². The molecule has 148 valence electrons. The molecule has 0 radical (unpaired) electrons. The summed E-state index contributed by atoms with van der Waals surface area (Å²) in [5.41, 5.74) is 2.69. The van der Waals surface area contributed by atoms with Gasteiger partial charge in [0, 0.05) is 5.69 Å². The van der Waals surface area contributed by atoms with Crippen LogP contribution in [0.2, 0.25) is 0 Å². The molecule has 0 spiro atoms. The smallest absolute Gasteiger partial charge is 0.343 e. The highest BCUT2D eigenvalue weighted by Gasteiger charge is 2.51. The average Bonchev–Trinajstić information content (AvgIpc) is 3.48. The van der Waals surface area contributed by atoms with E-state index in [9.17, 15) is 9.59 Å². The molecule has 0 heterocycles. The maximum Gasteiger partial charge on any atom is 0.343 e. The minimum Gasteiger partial charge on any atom is -0.482 e. The zero-order valence-corrected chi connectivity index (χ0v) is 16.9. The lowest BCUT2D eigenvalue weighted by atomic mass is 9.85. The Balaban J connectivity index is 1.65. The van der Waals surface area contributed by atoms with Gasteiger partial charge in [0.15, 0.2) is 6.61 Å². The lowest BCUT2D eigenvalue weighted by Gasteiger charge is -2.21. The number of methoxy groups -OCH3 is 1. The van der Waals surface area contributed by atoms with E-state index in [4.69, 9.17) is 4.74 Å². The summed E-state index contributed by atoms with van der Waals surface area (Å²) in [7, 11) is 1.31. The first kappa shape index (κ1) is 19.9. The second-order valence-electron chi connectivity index (χ2n) is 8.25. The van der Waals surface area contributed by atoms with Crippen LogP contribution in [0.1, 0.15) is 44.7 Å². The van der Waals surface area contributed by atoms with Crippen LogP contribution in [-0.2, 0) is 25.2 Å². The molecule has 0 aliphatic heterocycles. The summed E-state index contributed by atoms with van der Waals surface area (Å²) in [5.74, 6) is 0.118. The van der Waals surface area contributed by atoms with E-state index in [1.807, 2.05) is 0 Å². The molecular weight excluding hydrogens is 354 g/mol. The first-order chi connectivity index (χ1) is 13.2. The van der Waals surface area contributed by atoms with Crippen molar-refractivity contribution in [2.24, 2.45) is 0 Å². The van der Waals surface area contributed by atoms with Crippen LogP contribution in [0, 0.1) is 0 Å². The van der Waals surface area contributed by atoms with E-state index in [2.05, 4.69) is 55.1 Å². The molecule has 0 bridgehead atoms. The second kappa shape index (κ2) is 7.66. The molecule has 0 unspecified atom stereocenters. The quantitative estimate of drug-likeness (QED) is 0.762. The topological polar surface area (TPSA) is 64.6 Å². The molecular formula is C23H27NO4. The van der Waals surface area contributed by atoms with Gasteiger partial charge in [-0.25, -0.2) is 4.79 Å². The monoisotopic (exact) mass is 381 g/mol. The summed E-state index contributed by atoms with van der Waals surface area (Å²) >= 11 is 0. The van der Waals surface area contributed by atoms with Gasteiger partial charge in [-0.3, -0.25) is 4.79 Å². The fourth-order valence-corrected chi connectivity index (χ4v) is 3.15. The van der Waals surface area contributed by atoms with Crippen LogP contribution in [-0.4, -0.2) is 25.6 Å². The van der Waals surface area contributed by atoms with Gasteiger partial charge in [0.05, 0.1) is 12.5 Å². The Bertz CT molecular complexity index is 844. The summed E-state index contributed by atoms with van der Waals surface area (Å²) in [5, 5.41) is 3.01. The first-order valence-corrected chi connectivity index (χ1v) is 9.47. The van der Waals surface area contributed by atoms with E-state index in [1.165, 1.54) is 12.7 Å². The molecule has 2 aromatic carbocycles. The Morgan fingerprint density at radius 1 is 1.00 bits per heavy atom. The van der Waals surface area contributed by atoms with Gasteiger partial charge in [-0.15, -0.1) is 0 Å². The molecule has 1 amide bonds. The number of hydrogen-bond acceptors (Lipinski definition) is 4. The normalized spacial score (nSPS) is 14.9. The van der Waals surface area contributed by atoms with E-state index in [1.54, 1.807) is 24.3 Å². The summed E-state index contributed by atoms with van der Waals surface area (Å²) < 4.78 is 9.86. The van der Waals surface area contributed by atoms with E-state index in [-0.39, 0.29) is 17.9 Å². The standard InChI is InChI=1S/C23H27NO4/c1-22(2,3)16-5-7-17(8-6-16)23(13-14-23)21(26)24-18-9-11-19(12-10-18)28-15-20(25)27-4/h5-12H,13-15H2,1-4H3,(H,24,26). The molecule has 1 aliphatic rings. The van der Waals surface area contributed by atoms with Gasteiger partial charge >= 0.3 is 5.97 Å². The van der Waals surface area contributed by atoms with Crippen LogP contribution in [0.15, 0.2) is 48.5 Å². The van der Waals surface area contributed by atoms with Crippen molar-refractivity contribution >= 4 is 17.6 Å². The number of carbonyl (C=O) groups is 2. The predicted octanol–water partition coefficient (Wildman–Crippen LogP) is 4.21. The van der Waals surface area contributed by atoms with Gasteiger partial charge in [-0.1, -0.05) is 45.0 Å². The number of benzene rings is 2. The predicted molar refractivity (Wildman–Crippen MR) is 109 cm³/mol. The molecule has 2 aromatic rings. The maximum absolute atomic E-state index is 12.9. The molecule has 0 atom stereocenters. The Morgan fingerprint density at radius 3 is 2.11 bits per heavy atom. The number of carbonyl (C=O) groups excluding carboxylic acids is 2. The number of ether oxygens (including phenoxy) is 2. The van der Waals surface area contributed by atoms with Crippen molar-refractivity contribution in [1.29, 1.82) is 0 Å². The minimum atomic E-state index is -0.439. The van der Waals surface area contributed by atoms with Crippen LogP contribution >= 0.6 is 0 Å². The maximum atomic E-state index is 12.9. The molecule has 0 aromatic heterocycles. The number of esters is 1. The Kier molecular flexibility index (Phi) is 5.45. The van der Waals surface area contributed by atoms with Crippen molar-refractivity contribution < 1.29 is 19.1 Å². The Labute approximate surface area is 166 Å². The molecule has 3 rings (SSSR count). The number of nitrogens with one attached hydrogen (secondary N) is 1. The van der Waals surface area contributed by atoms with Crippen LogP contribution in [0.25, 0.3) is 0 Å².